The number of pyridine rings is 1. The summed E-state index contributed by atoms with van der Waals surface area (Å²) in [6.07, 6.45) is 6.39. The van der Waals surface area contributed by atoms with E-state index in [2.05, 4.69) is 30.1 Å². The van der Waals surface area contributed by atoms with Crippen molar-refractivity contribution in [3.63, 3.8) is 0 Å². The maximum absolute atomic E-state index is 12.2. The fraction of sp³-hybridized carbons (Fsp3) is 0.0588. The fourth-order valence-corrected chi connectivity index (χ4v) is 2.64. The van der Waals surface area contributed by atoms with E-state index < -0.39 is 6.61 Å². The van der Waals surface area contributed by atoms with Crippen LogP contribution in [0.4, 0.5) is 20.2 Å². The Hall–Kier alpha value is -3.66. The number of guanidine groups is 1. The van der Waals surface area contributed by atoms with E-state index in [1.807, 2.05) is 0 Å². The lowest BCUT2D eigenvalue weighted by molar-refractivity contribution is -0.0498. The number of hydrogen-bond acceptors (Lipinski definition) is 7. The molecule has 0 bridgehead atoms. The Bertz CT molecular complexity index is 970. The van der Waals surface area contributed by atoms with Crippen LogP contribution in [0.1, 0.15) is 0 Å². The van der Waals surface area contributed by atoms with Gasteiger partial charge in [-0.15, -0.1) is 0 Å². The average Bonchev–Trinajstić information content (AvgIpc) is 3.02. The molecule has 8 nitrogen and oxygen atoms in total. The van der Waals surface area contributed by atoms with Gasteiger partial charge < -0.3 is 15.2 Å². The van der Waals surface area contributed by atoms with Crippen molar-refractivity contribution in [3.8, 4) is 11.6 Å². The van der Waals surface area contributed by atoms with E-state index in [9.17, 15) is 13.9 Å². The SMILES string of the molecule is Oc1ccc([N+]23C=CN=CC2=NC(Nc2ccc(OC(F)F)cc2)=N3)cn1. The van der Waals surface area contributed by atoms with Gasteiger partial charge in [0.1, 0.15) is 12.0 Å². The number of amidine groups is 1. The molecule has 0 aliphatic carbocycles. The van der Waals surface area contributed by atoms with E-state index in [1.165, 1.54) is 24.4 Å². The second-order valence-corrected chi connectivity index (χ2v) is 5.56. The number of aromatic nitrogens is 1. The number of hydrogen-bond donors (Lipinski definition) is 2. The van der Waals surface area contributed by atoms with Crippen molar-refractivity contribution in [2.24, 2.45) is 15.1 Å². The van der Waals surface area contributed by atoms with Gasteiger partial charge in [-0.1, -0.05) is 4.59 Å². The summed E-state index contributed by atoms with van der Waals surface area (Å²) in [6.45, 7) is -2.88. The Morgan fingerprint density at radius 3 is 2.63 bits per heavy atom. The molecule has 136 valence electrons. The number of rotatable bonds is 4. The maximum atomic E-state index is 12.2. The van der Waals surface area contributed by atoms with Crippen LogP contribution in [0.2, 0.25) is 0 Å². The van der Waals surface area contributed by atoms with Crippen molar-refractivity contribution in [1.82, 2.24) is 9.58 Å². The molecule has 0 saturated carbocycles. The zero-order valence-electron chi connectivity index (χ0n) is 13.7. The number of halogens is 2. The van der Waals surface area contributed by atoms with Gasteiger partial charge in [0.05, 0.1) is 12.4 Å². The van der Waals surface area contributed by atoms with Crippen LogP contribution < -0.4 is 14.6 Å². The van der Waals surface area contributed by atoms with E-state index in [1.54, 1.807) is 36.8 Å². The van der Waals surface area contributed by atoms with Crippen LogP contribution in [0.15, 0.2) is 70.1 Å². The Morgan fingerprint density at radius 2 is 1.93 bits per heavy atom. The summed E-state index contributed by atoms with van der Waals surface area (Å²) in [5.74, 6) is 0.794. The smallest absolute Gasteiger partial charge is 0.387 e. The van der Waals surface area contributed by atoms with E-state index in [-0.39, 0.29) is 16.2 Å². The number of aromatic hydroxyl groups is 1. The van der Waals surface area contributed by atoms with Crippen LogP contribution in [-0.2, 0) is 0 Å². The van der Waals surface area contributed by atoms with Gasteiger partial charge in [0.2, 0.25) is 5.88 Å². The molecule has 4 rings (SSSR count). The average molecular weight is 371 g/mol. The number of quaternary nitrogens is 1. The summed E-state index contributed by atoms with van der Waals surface area (Å²) in [7, 11) is 0. The first kappa shape index (κ1) is 16.8. The van der Waals surface area contributed by atoms with Gasteiger partial charge in [0.15, 0.2) is 11.9 Å². The number of alkyl halides is 2. The Morgan fingerprint density at radius 1 is 1.11 bits per heavy atom. The van der Waals surface area contributed by atoms with Crippen LogP contribution >= 0.6 is 0 Å². The predicted molar refractivity (Wildman–Crippen MR) is 96.9 cm³/mol. The number of nitrogens with one attached hydrogen (secondary N) is 1. The van der Waals surface area contributed by atoms with E-state index in [0.29, 0.717) is 23.2 Å². The van der Waals surface area contributed by atoms with Gasteiger partial charge >= 0.3 is 6.61 Å². The molecule has 2 aliphatic heterocycles. The molecule has 1 unspecified atom stereocenters. The Balaban J connectivity index is 1.62. The number of benzene rings is 1. The van der Waals surface area contributed by atoms with Crippen molar-refractivity contribution in [1.29, 1.82) is 0 Å². The molecule has 2 aliphatic rings. The molecule has 1 aromatic carbocycles. The lowest BCUT2D eigenvalue weighted by Crippen LogP contribution is -2.44. The van der Waals surface area contributed by atoms with Crippen molar-refractivity contribution < 1.29 is 18.6 Å². The predicted octanol–water partition coefficient (Wildman–Crippen LogP) is 3.05. The lowest BCUT2D eigenvalue weighted by atomic mass is 10.3. The summed E-state index contributed by atoms with van der Waals surface area (Å²) in [5.41, 5.74) is 1.26. The zero-order chi connectivity index (χ0) is 18.9. The second-order valence-electron chi connectivity index (χ2n) is 5.56. The molecule has 1 atom stereocenters. The molecule has 3 heterocycles. The van der Waals surface area contributed by atoms with Crippen LogP contribution in [-0.4, -0.2) is 34.7 Å². The fourth-order valence-electron chi connectivity index (χ4n) is 2.64. The van der Waals surface area contributed by atoms with E-state index in [0.717, 1.165) is 0 Å². The van der Waals surface area contributed by atoms with Crippen LogP contribution in [0, 0.1) is 0 Å². The monoisotopic (exact) mass is 371 g/mol. The summed E-state index contributed by atoms with van der Waals surface area (Å²) in [5, 5.41) is 17.0. The third kappa shape index (κ3) is 3.25. The number of aliphatic imine (C=N–C) groups is 2. The molecule has 1 aromatic heterocycles. The molecule has 0 saturated heterocycles. The van der Waals surface area contributed by atoms with Gasteiger partial charge in [-0.25, -0.2) is 4.98 Å². The largest absolute Gasteiger partial charge is 0.493 e. The summed E-state index contributed by atoms with van der Waals surface area (Å²) >= 11 is 0. The molecule has 0 fully saturated rings. The van der Waals surface area contributed by atoms with Crippen LogP contribution in [0.25, 0.3) is 0 Å². The van der Waals surface area contributed by atoms with E-state index in [4.69, 9.17) is 0 Å². The van der Waals surface area contributed by atoms with Crippen molar-refractivity contribution in [2.75, 3.05) is 5.32 Å². The standard InChI is InChI=1S/C17H12F2N6O2/c18-16(19)27-13-4-1-11(2-5-13)22-17-23-14-10-20-7-8-25(14,24-17)12-3-6-15(26)21-9-12/h1-10,16H,(H-,21,22,24,26)/p+1. The number of anilines is 1. The Kier molecular flexibility index (Phi) is 4.09. The molecule has 0 amide bonds. The minimum atomic E-state index is -2.88. The third-order valence-corrected chi connectivity index (χ3v) is 3.84. The second kappa shape index (κ2) is 6.57. The van der Waals surface area contributed by atoms with Crippen molar-refractivity contribution in [3.05, 3.63) is 55.0 Å². The topological polar surface area (TPSA) is 91.5 Å². The minimum absolute atomic E-state index is 0.0568. The number of nitrogens with zero attached hydrogens (tertiary/aromatic N) is 5. The van der Waals surface area contributed by atoms with Gasteiger partial charge in [-0.2, -0.15) is 13.8 Å². The maximum Gasteiger partial charge on any atom is 0.387 e. The molecule has 0 radical (unpaired) electrons. The highest BCUT2D eigenvalue weighted by Crippen LogP contribution is 2.31. The number of ether oxygens (including phenoxy) is 1. The minimum Gasteiger partial charge on any atom is -0.493 e. The normalized spacial score (nSPS) is 20.3. The molecule has 0 spiro atoms. The lowest BCUT2D eigenvalue weighted by Gasteiger charge is -2.23. The van der Waals surface area contributed by atoms with Crippen LogP contribution in [0.3, 0.4) is 0 Å². The highest BCUT2D eigenvalue weighted by molar-refractivity contribution is 6.38. The zero-order valence-corrected chi connectivity index (χ0v) is 13.7. The molecule has 2 aromatic rings. The highest BCUT2D eigenvalue weighted by atomic mass is 19.3. The molecular weight excluding hydrogens is 358 g/mol. The van der Waals surface area contributed by atoms with Crippen LogP contribution in [0.5, 0.6) is 11.6 Å². The van der Waals surface area contributed by atoms with Gasteiger partial charge in [-0.3, -0.25) is 4.99 Å². The number of fused-ring (bicyclic) bond motifs is 1. The van der Waals surface area contributed by atoms with Crippen molar-refractivity contribution >= 4 is 29.4 Å². The van der Waals surface area contributed by atoms with Gasteiger partial charge in [0.25, 0.3) is 11.8 Å². The summed E-state index contributed by atoms with van der Waals surface area (Å²) in [6, 6.07) is 9.13. The Labute approximate surface area is 152 Å². The first-order valence-corrected chi connectivity index (χ1v) is 7.82. The third-order valence-electron chi connectivity index (χ3n) is 3.84. The molecular formula is C17H13F2N6O2+. The summed E-state index contributed by atoms with van der Waals surface area (Å²) < 4.78 is 28.7. The highest BCUT2D eigenvalue weighted by Gasteiger charge is 2.43. The quantitative estimate of drug-likeness (QED) is 0.808. The molecule has 27 heavy (non-hydrogen) atoms. The first-order valence-electron chi connectivity index (χ1n) is 7.82. The van der Waals surface area contributed by atoms with Crippen molar-refractivity contribution in [2.45, 2.75) is 6.61 Å². The van der Waals surface area contributed by atoms with Gasteiger partial charge in [0, 0.05) is 17.8 Å². The first-order chi connectivity index (χ1) is 13.0. The van der Waals surface area contributed by atoms with E-state index >= 15 is 0 Å². The molecule has 10 heteroatoms. The molecule has 2 N–H and O–H groups in total. The summed E-state index contributed by atoms with van der Waals surface area (Å²) in [4.78, 5) is 12.4. The van der Waals surface area contributed by atoms with Gasteiger partial charge in [-0.05, 0) is 29.4 Å².